The van der Waals surface area contributed by atoms with Crippen molar-refractivity contribution in [3.05, 3.63) is 54.6 Å². The Morgan fingerprint density at radius 2 is 1.21 bits per heavy atom. The summed E-state index contributed by atoms with van der Waals surface area (Å²) in [5.74, 6) is 0. The van der Waals surface area contributed by atoms with E-state index in [-0.39, 0.29) is 5.23 Å². The van der Waals surface area contributed by atoms with E-state index in [1.165, 1.54) is 5.39 Å². The van der Waals surface area contributed by atoms with Crippen LogP contribution in [0.4, 0.5) is 5.69 Å². The first-order chi connectivity index (χ1) is 9.25. The van der Waals surface area contributed by atoms with Crippen LogP contribution in [0.5, 0.6) is 0 Å². The molecule has 0 saturated carbocycles. The Kier molecular flexibility index (Phi) is 1.98. The Hall–Kier alpha value is -2.36. The van der Waals surface area contributed by atoms with Gasteiger partial charge >= 0.3 is 0 Å². The molecule has 4 rings (SSSR count). The molecule has 0 spiro atoms. The van der Waals surface area contributed by atoms with E-state index in [1.54, 1.807) is 6.07 Å². The van der Waals surface area contributed by atoms with Crippen LogP contribution >= 0.6 is 0 Å². The van der Waals surface area contributed by atoms with Gasteiger partial charge < -0.3 is 0 Å². The summed E-state index contributed by atoms with van der Waals surface area (Å²) in [5, 5.41) is 25.4. The van der Waals surface area contributed by atoms with Gasteiger partial charge in [0.25, 0.3) is 0 Å². The lowest BCUT2D eigenvalue weighted by Gasteiger charge is -2.15. The van der Waals surface area contributed by atoms with Gasteiger partial charge in [0.05, 0.1) is 0 Å². The van der Waals surface area contributed by atoms with Crippen LogP contribution in [0.3, 0.4) is 0 Å². The summed E-state index contributed by atoms with van der Waals surface area (Å²) in [6.07, 6.45) is 0. The monoisotopic (exact) mass is 249 g/mol. The average molecular weight is 249 g/mol. The molecule has 0 aromatic heterocycles. The third-order valence-corrected chi connectivity index (χ3v) is 3.72. The molecule has 0 amide bonds. The molecule has 0 aliphatic rings. The molecule has 0 aliphatic carbocycles. The topological polar surface area (TPSA) is 43.7 Å². The number of anilines is 1. The van der Waals surface area contributed by atoms with E-state index >= 15 is 0 Å². The predicted octanol–water partition coefficient (Wildman–Crippen LogP) is 4.17. The maximum Gasteiger partial charge on any atom is 0.102 e. The fourth-order valence-electron chi connectivity index (χ4n) is 2.89. The van der Waals surface area contributed by atoms with E-state index in [9.17, 15) is 10.4 Å². The molecule has 3 nitrogen and oxygen atoms in total. The van der Waals surface area contributed by atoms with Gasteiger partial charge in [-0.25, -0.2) is 0 Å². The fraction of sp³-hybridized carbons (Fsp3) is 0. The summed E-state index contributed by atoms with van der Waals surface area (Å²) in [7, 11) is 0. The standard InChI is InChI=1S/C16H11NO2/c18-17(19)14-9-7-12-5-4-10-2-1-3-11-6-8-13(14)16(12)15(10)11/h1-9,18-19H. The molecule has 0 bridgehead atoms. The van der Waals surface area contributed by atoms with E-state index in [0.29, 0.717) is 5.69 Å². The zero-order valence-corrected chi connectivity index (χ0v) is 10.0. The Balaban J connectivity index is 2.35. The molecule has 4 aromatic carbocycles. The van der Waals surface area contributed by atoms with Crippen molar-refractivity contribution in [1.29, 1.82) is 0 Å². The molecule has 0 saturated heterocycles. The second-order valence-electron chi connectivity index (χ2n) is 4.73. The number of rotatable bonds is 1. The lowest BCUT2D eigenvalue weighted by atomic mass is 9.94. The Morgan fingerprint density at radius 3 is 1.89 bits per heavy atom. The molecule has 0 heterocycles. The van der Waals surface area contributed by atoms with Crippen molar-refractivity contribution in [2.45, 2.75) is 0 Å². The summed E-state index contributed by atoms with van der Waals surface area (Å²) in [6.45, 7) is 0. The first kappa shape index (κ1) is 10.6. The highest BCUT2D eigenvalue weighted by Crippen LogP contribution is 2.38. The van der Waals surface area contributed by atoms with Gasteiger partial charge in [0.1, 0.15) is 5.69 Å². The van der Waals surface area contributed by atoms with Crippen LogP contribution in [0.15, 0.2) is 54.6 Å². The number of benzene rings is 4. The van der Waals surface area contributed by atoms with E-state index < -0.39 is 0 Å². The maximum atomic E-state index is 9.34. The fourth-order valence-corrected chi connectivity index (χ4v) is 2.89. The van der Waals surface area contributed by atoms with Crippen molar-refractivity contribution in [2.24, 2.45) is 0 Å². The first-order valence-corrected chi connectivity index (χ1v) is 6.10. The van der Waals surface area contributed by atoms with Crippen LogP contribution in [0, 0.1) is 0 Å². The Labute approximate surface area is 109 Å². The van der Waals surface area contributed by atoms with E-state index in [0.717, 1.165) is 26.9 Å². The number of nitrogens with zero attached hydrogens (tertiary/aromatic N) is 1. The number of hydrogen-bond donors (Lipinski definition) is 2. The Morgan fingerprint density at radius 1 is 0.632 bits per heavy atom. The predicted molar refractivity (Wildman–Crippen MR) is 76.2 cm³/mol. The minimum atomic E-state index is 0.186. The quantitative estimate of drug-likeness (QED) is 0.393. The number of hydrogen-bond acceptors (Lipinski definition) is 3. The van der Waals surface area contributed by atoms with Gasteiger partial charge in [-0.3, -0.25) is 10.4 Å². The molecular weight excluding hydrogens is 238 g/mol. The minimum absolute atomic E-state index is 0.186. The van der Waals surface area contributed by atoms with E-state index in [4.69, 9.17) is 0 Å². The lowest BCUT2D eigenvalue weighted by Crippen LogP contribution is -2.11. The first-order valence-electron chi connectivity index (χ1n) is 6.10. The average Bonchev–Trinajstić information content (AvgIpc) is 2.44. The van der Waals surface area contributed by atoms with Crippen molar-refractivity contribution in [2.75, 3.05) is 5.23 Å². The lowest BCUT2D eigenvalue weighted by molar-refractivity contribution is 0.0300. The van der Waals surface area contributed by atoms with Crippen molar-refractivity contribution in [3.8, 4) is 0 Å². The van der Waals surface area contributed by atoms with Gasteiger partial charge in [-0.15, -0.1) is 5.23 Å². The molecule has 4 aromatic rings. The van der Waals surface area contributed by atoms with Gasteiger partial charge in [0.15, 0.2) is 0 Å². The molecule has 0 atom stereocenters. The molecule has 3 heteroatoms. The molecule has 0 aliphatic heterocycles. The minimum Gasteiger partial charge on any atom is -0.264 e. The summed E-state index contributed by atoms with van der Waals surface area (Å²) >= 11 is 0. The highest BCUT2D eigenvalue weighted by atomic mass is 16.8. The van der Waals surface area contributed by atoms with E-state index in [2.05, 4.69) is 24.3 Å². The zero-order chi connectivity index (χ0) is 13.0. The van der Waals surface area contributed by atoms with Gasteiger partial charge in [0.2, 0.25) is 0 Å². The van der Waals surface area contributed by atoms with Crippen LogP contribution in [-0.4, -0.2) is 10.4 Å². The highest BCUT2D eigenvalue weighted by molar-refractivity contribution is 6.25. The summed E-state index contributed by atoms with van der Waals surface area (Å²) in [5.41, 5.74) is 0.394. The van der Waals surface area contributed by atoms with Crippen molar-refractivity contribution < 1.29 is 10.4 Å². The third kappa shape index (κ3) is 1.34. The third-order valence-electron chi connectivity index (χ3n) is 3.72. The summed E-state index contributed by atoms with van der Waals surface area (Å²) in [6, 6.07) is 17.9. The summed E-state index contributed by atoms with van der Waals surface area (Å²) in [4.78, 5) is 0. The molecule has 0 unspecified atom stereocenters. The molecule has 2 N–H and O–H groups in total. The largest absolute Gasteiger partial charge is 0.264 e. The summed E-state index contributed by atoms with van der Waals surface area (Å²) < 4.78 is 0. The van der Waals surface area contributed by atoms with E-state index in [1.807, 2.05) is 24.3 Å². The second-order valence-corrected chi connectivity index (χ2v) is 4.73. The maximum absolute atomic E-state index is 9.34. The van der Waals surface area contributed by atoms with Crippen molar-refractivity contribution >= 4 is 38.0 Å². The molecule has 0 radical (unpaired) electrons. The Bertz CT molecular complexity index is 883. The van der Waals surface area contributed by atoms with Crippen LogP contribution in [-0.2, 0) is 0 Å². The van der Waals surface area contributed by atoms with Crippen molar-refractivity contribution in [1.82, 2.24) is 0 Å². The molecular formula is C16H11NO2. The smallest absolute Gasteiger partial charge is 0.102 e. The van der Waals surface area contributed by atoms with Gasteiger partial charge in [0, 0.05) is 5.39 Å². The van der Waals surface area contributed by atoms with Crippen LogP contribution in [0.1, 0.15) is 0 Å². The normalized spacial score (nSPS) is 11.7. The van der Waals surface area contributed by atoms with Crippen molar-refractivity contribution in [3.63, 3.8) is 0 Å². The van der Waals surface area contributed by atoms with Gasteiger partial charge in [-0.05, 0) is 33.0 Å². The zero-order valence-electron chi connectivity index (χ0n) is 10.0. The molecule has 0 fully saturated rings. The molecule has 92 valence electrons. The van der Waals surface area contributed by atoms with Gasteiger partial charge in [-0.1, -0.05) is 48.5 Å². The van der Waals surface area contributed by atoms with Crippen LogP contribution in [0.25, 0.3) is 32.3 Å². The SMILES string of the molecule is ON(O)c1ccc2ccc3cccc4ccc1c2c34. The van der Waals surface area contributed by atoms with Crippen LogP contribution < -0.4 is 5.23 Å². The van der Waals surface area contributed by atoms with Crippen LogP contribution in [0.2, 0.25) is 0 Å². The van der Waals surface area contributed by atoms with Gasteiger partial charge in [-0.2, -0.15) is 0 Å². The molecule has 19 heavy (non-hydrogen) atoms. The highest BCUT2D eigenvalue weighted by Gasteiger charge is 2.12. The second kappa shape index (κ2) is 3.57.